The molecule has 0 aliphatic heterocycles. The quantitative estimate of drug-likeness (QED) is 0.622. The van der Waals surface area contributed by atoms with E-state index in [2.05, 4.69) is 24.3 Å². The van der Waals surface area contributed by atoms with E-state index >= 15 is 0 Å². The van der Waals surface area contributed by atoms with Gasteiger partial charge in [-0.2, -0.15) is 0 Å². The van der Waals surface area contributed by atoms with Gasteiger partial charge in [-0.25, -0.2) is 0 Å². The second-order valence-corrected chi connectivity index (χ2v) is 5.22. The van der Waals surface area contributed by atoms with Crippen molar-refractivity contribution in [3.05, 3.63) is 23.1 Å². The predicted molar refractivity (Wildman–Crippen MR) is 66.8 cm³/mol. The molecule has 1 heterocycles. The fourth-order valence-electron chi connectivity index (χ4n) is 1.48. The molecule has 1 aromatic carbocycles. The van der Waals surface area contributed by atoms with Crippen molar-refractivity contribution >= 4 is 45.8 Å². The molecule has 2 aromatic rings. The fourth-order valence-corrected chi connectivity index (χ4v) is 3.80. The third-order valence-corrected chi connectivity index (χ3v) is 4.20. The van der Waals surface area contributed by atoms with Crippen LogP contribution in [0.15, 0.2) is 27.3 Å². The van der Waals surface area contributed by atoms with Crippen LogP contribution in [0.5, 0.6) is 0 Å². The van der Waals surface area contributed by atoms with Crippen molar-refractivity contribution in [1.29, 1.82) is 0 Å². The van der Waals surface area contributed by atoms with Crippen LogP contribution in [-0.2, 0) is 6.61 Å². The summed E-state index contributed by atoms with van der Waals surface area (Å²) in [6, 6.07) is 3.97. The Morgan fingerprint density at radius 3 is 2.93 bits per heavy atom. The summed E-state index contributed by atoms with van der Waals surface area (Å²) in [7, 11) is 0. The second-order valence-electron chi connectivity index (χ2n) is 2.94. The highest BCUT2D eigenvalue weighted by atomic mass is 32.2. The lowest BCUT2D eigenvalue weighted by atomic mass is 10.1. The monoisotopic (exact) mass is 242 g/mol. The third-order valence-electron chi connectivity index (χ3n) is 2.10. The van der Waals surface area contributed by atoms with E-state index in [1.807, 2.05) is 12.1 Å². The van der Waals surface area contributed by atoms with Crippen molar-refractivity contribution in [1.82, 2.24) is 0 Å². The van der Waals surface area contributed by atoms with Crippen LogP contribution < -0.4 is 0 Å². The van der Waals surface area contributed by atoms with Gasteiger partial charge < -0.3 is 5.11 Å². The third kappa shape index (κ3) is 1.67. The van der Waals surface area contributed by atoms with Crippen LogP contribution in [0.3, 0.4) is 0 Å². The van der Waals surface area contributed by atoms with Crippen LogP contribution in [0.1, 0.15) is 5.56 Å². The van der Waals surface area contributed by atoms with E-state index in [-0.39, 0.29) is 6.61 Å². The first-order valence-corrected chi connectivity index (χ1v) is 6.69. The van der Waals surface area contributed by atoms with Crippen LogP contribution in [0, 0.1) is 0 Å². The Bertz CT molecular complexity index is 462. The summed E-state index contributed by atoms with van der Waals surface area (Å²) < 4.78 is 1.20. The summed E-state index contributed by atoms with van der Waals surface area (Å²) in [6.07, 6.45) is 2.05. The number of thiophene rings is 1. The van der Waals surface area contributed by atoms with E-state index < -0.39 is 0 Å². The van der Waals surface area contributed by atoms with Crippen LogP contribution in [0.2, 0.25) is 0 Å². The van der Waals surface area contributed by atoms with Gasteiger partial charge in [0, 0.05) is 25.3 Å². The van der Waals surface area contributed by atoms with Gasteiger partial charge in [0.2, 0.25) is 0 Å². The van der Waals surface area contributed by atoms with Gasteiger partial charge >= 0.3 is 0 Å². The van der Waals surface area contributed by atoms with Crippen molar-refractivity contribution in [3.8, 4) is 0 Å². The number of thiol groups is 1. The Morgan fingerprint density at radius 2 is 2.29 bits per heavy atom. The van der Waals surface area contributed by atoms with Crippen LogP contribution in [0.25, 0.3) is 10.1 Å². The predicted octanol–water partition coefficient (Wildman–Crippen LogP) is 3.40. The number of hydrogen-bond donors (Lipinski definition) is 2. The second kappa shape index (κ2) is 4.14. The van der Waals surface area contributed by atoms with E-state index in [1.165, 1.54) is 15.0 Å². The largest absolute Gasteiger partial charge is 0.392 e. The molecule has 14 heavy (non-hydrogen) atoms. The summed E-state index contributed by atoms with van der Waals surface area (Å²) in [5.41, 5.74) is 0.970. The average Bonchev–Trinajstić information content (AvgIpc) is 2.59. The highest BCUT2D eigenvalue weighted by Crippen LogP contribution is 2.36. The van der Waals surface area contributed by atoms with Crippen molar-refractivity contribution < 1.29 is 5.11 Å². The molecule has 0 saturated carbocycles. The van der Waals surface area contributed by atoms with Gasteiger partial charge in [0.05, 0.1) is 6.61 Å². The van der Waals surface area contributed by atoms with E-state index in [0.29, 0.717) is 0 Å². The Kier molecular flexibility index (Phi) is 3.07. The Hall–Kier alpha value is -0.160. The first kappa shape index (κ1) is 10.4. The number of aliphatic hydroxyl groups excluding tert-OH is 1. The van der Waals surface area contributed by atoms with Gasteiger partial charge in [-0.15, -0.1) is 35.7 Å². The molecule has 0 amide bonds. The maximum Gasteiger partial charge on any atom is 0.0688 e. The van der Waals surface area contributed by atoms with E-state index in [1.54, 1.807) is 23.1 Å². The topological polar surface area (TPSA) is 20.2 Å². The maximum absolute atomic E-state index is 9.26. The van der Waals surface area contributed by atoms with Gasteiger partial charge in [0.1, 0.15) is 0 Å². The lowest BCUT2D eigenvalue weighted by molar-refractivity contribution is 0.283. The lowest BCUT2D eigenvalue weighted by Gasteiger charge is -2.03. The molecule has 0 bridgehead atoms. The zero-order valence-electron chi connectivity index (χ0n) is 7.65. The summed E-state index contributed by atoms with van der Waals surface area (Å²) >= 11 is 7.73. The zero-order chi connectivity index (χ0) is 10.1. The maximum atomic E-state index is 9.26. The molecule has 1 N–H and O–H groups in total. The molecule has 0 spiro atoms. The summed E-state index contributed by atoms with van der Waals surface area (Å²) in [6.45, 7) is 0.0786. The van der Waals surface area contributed by atoms with Gasteiger partial charge in [-0.3, -0.25) is 0 Å². The molecule has 0 radical (unpaired) electrons. The number of benzene rings is 1. The highest BCUT2D eigenvalue weighted by molar-refractivity contribution is 7.99. The molecule has 0 saturated heterocycles. The number of rotatable bonds is 2. The average molecular weight is 242 g/mol. The molecule has 2 rings (SSSR count). The van der Waals surface area contributed by atoms with Crippen LogP contribution >= 0.6 is 35.7 Å². The molecule has 74 valence electrons. The molecule has 4 heteroatoms. The normalized spacial score (nSPS) is 11.1. The molecule has 0 atom stereocenters. The van der Waals surface area contributed by atoms with E-state index in [9.17, 15) is 5.11 Å². The molecule has 1 nitrogen and oxygen atoms in total. The summed E-state index contributed by atoms with van der Waals surface area (Å²) in [5, 5.41) is 12.6. The van der Waals surface area contributed by atoms with Gasteiger partial charge in [0.25, 0.3) is 0 Å². The zero-order valence-corrected chi connectivity index (χ0v) is 10.2. The molecule has 0 unspecified atom stereocenters. The molecular formula is C10H10OS3. The minimum Gasteiger partial charge on any atom is -0.392 e. The minimum absolute atomic E-state index is 0.0786. The molecule has 0 aliphatic rings. The fraction of sp³-hybridized carbons (Fsp3) is 0.200. The first-order valence-electron chi connectivity index (χ1n) is 4.14. The van der Waals surface area contributed by atoms with Crippen molar-refractivity contribution in [2.24, 2.45) is 0 Å². The molecular weight excluding hydrogens is 232 g/mol. The van der Waals surface area contributed by atoms with Crippen molar-refractivity contribution in [3.63, 3.8) is 0 Å². The minimum atomic E-state index is 0.0786. The molecule has 0 aliphatic carbocycles. The number of aliphatic hydroxyl groups is 1. The highest BCUT2D eigenvalue weighted by Gasteiger charge is 2.08. The number of hydrogen-bond acceptors (Lipinski definition) is 4. The SMILES string of the molecule is CSc1csc2cc(S)cc(CO)c12. The van der Waals surface area contributed by atoms with Gasteiger partial charge in [-0.1, -0.05) is 0 Å². The molecule has 0 fully saturated rings. The van der Waals surface area contributed by atoms with Gasteiger partial charge in [-0.05, 0) is 24.0 Å². The van der Waals surface area contributed by atoms with Crippen molar-refractivity contribution in [2.45, 2.75) is 16.4 Å². The summed E-state index contributed by atoms with van der Waals surface area (Å²) in [4.78, 5) is 2.15. The van der Waals surface area contributed by atoms with Gasteiger partial charge in [0.15, 0.2) is 0 Å². The van der Waals surface area contributed by atoms with E-state index in [0.717, 1.165) is 10.5 Å². The Labute approximate surface area is 96.6 Å². The smallest absolute Gasteiger partial charge is 0.0688 e. The number of fused-ring (bicyclic) bond motifs is 1. The van der Waals surface area contributed by atoms with E-state index in [4.69, 9.17) is 0 Å². The lowest BCUT2D eigenvalue weighted by Crippen LogP contribution is -1.85. The Balaban J connectivity index is 2.78. The van der Waals surface area contributed by atoms with Crippen molar-refractivity contribution in [2.75, 3.05) is 6.26 Å². The number of thioether (sulfide) groups is 1. The van der Waals surface area contributed by atoms with Crippen LogP contribution in [-0.4, -0.2) is 11.4 Å². The van der Waals surface area contributed by atoms with Crippen LogP contribution in [0.4, 0.5) is 0 Å². The summed E-state index contributed by atoms with van der Waals surface area (Å²) in [5.74, 6) is 0. The first-order chi connectivity index (χ1) is 6.76. The molecule has 1 aromatic heterocycles. The Morgan fingerprint density at radius 1 is 1.50 bits per heavy atom. The standard InChI is InChI=1S/C10H10OS3/c1-13-9-5-14-8-3-7(12)2-6(4-11)10(8)9/h2-3,5,11-12H,4H2,1H3.